The number of imide groups is 1. The van der Waals surface area contributed by atoms with Crippen LogP contribution >= 0.6 is 11.8 Å². The van der Waals surface area contributed by atoms with Crippen LogP contribution in [0.1, 0.15) is 67.3 Å². The van der Waals surface area contributed by atoms with E-state index in [4.69, 9.17) is 4.74 Å². The van der Waals surface area contributed by atoms with Gasteiger partial charge in [0.15, 0.2) is 0 Å². The lowest BCUT2D eigenvalue weighted by Gasteiger charge is -2.37. The predicted octanol–water partition coefficient (Wildman–Crippen LogP) is 3.36. The van der Waals surface area contributed by atoms with Crippen molar-refractivity contribution in [3.63, 3.8) is 0 Å². The van der Waals surface area contributed by atoms with Crippen LogP contribution in [0, 0.1) is 0 Å². The zero-order chi connectivity index (χ0) is 24.0. The molecule has 1 unspecified atom stereocenters. The molecule has 2 saturated heterocycles. The third-order valence-electron chi connectivity index (χ3n) is 7.44. The molecule has 3 aliphatic rings. The third-order valence-corrected chi connectivity index (χ3v) is 8.63. The second kappa shape index (κ2) is 11.7. The number of unbranched alkanes of at least 4 members (excludes halogenated alkanes) is 5. The van der Waals surface area contributed by atoms with Crippen LogP contribution in [0.2, 0.25) is 0 Å². The second-order valence-electron chi connectivity index (χ2n) is 10.1. The topological polar surface area (TPSA) is 75.7 Å². The molecule has 1 N–H and O–H groups in total. The number of fused-ring (bicyclic) bond motifs is 1. The van der Waals surface area contributed by atoms with Crippen molar-refractivity contribution < 1.29 is 23.6 Å². The van der Waals surface area contributed by atoms with Crippen LogP contribution in [-0.2, 0) is 20.9 Å². The fourth-order valence-corrected chi connectivity index (χ4v) is 6.28. The van der Waals surface area contributed by atoms with Crippen molar-refractivity contribution in [1.29, 1.82) is 0 Å². The summed E-state index contributed by atoms with van der Waals surface area (Å²) in [7, 11) is 2.36. The van der Waals surface area contributed by atoms with E-state index >= 15 is 0 Å². The molecule has 0 saturated carbocycles. The standard InChI is InChI=1S/C26H37N3O4S/c1-29(14-16-33-17-15-29)13-6-4-2-3-5-7-18-34-23-10-8-9-20-21(23)19-28(26(20)32)22-11-12-24(30)27-25(22)31/h8-10,22H,2-7,11-19H2,1H3/p+1. The fourth-order valence-electron chi connectivity index (χ4n) is 5.18. The Morgan fingerprint density at radius 2 is 1.79 bits per heavy atom. The van der Waals surface area contributed by atoms with Gasteiger partial charge in [-0.05, 0) is 49.1 Å². The van der Waals surface area contributed by atoms with Crippen LogP contribution in [-0.4, -0.2) is 78.8 Å². The lowest BCUT2D eigenvalue weighted by molar-refractivity contribution is -0.917. The zero-order valence-electron chi connectivity index (χ0n) is 20.4. The Morgan fingerprint density at radius 1 is 1.06 bits per heavy atom. The molecule has 1 aromatic rings. The average Bonchev–Trinajstić information content (AvgIpc) is 3.15. The molecule has 7 nitrogen and oxygen atoms in total. The predicted molar refractivity (Wildman–Crippen MR) is 133 cm³/mol. The maximum atomic E-state index is 12.9. The summed E-state index contributed by atoms with van der Waals surface area (Å²) in [5, 5.41) is 2.37. The van der Waals surface area contributed by atoms with Crippen LogP contribution in [0.25, 0.3) is 0 Å². The summed E-state index contributed by atoms with van der Waals surface area (Å²) in [6, 6.07) is 5.32. The number of amides is 3. The zero-order valence-corrected chi connectivity index (χ0v) is 21.2. The van der Waals surface area contributed by atoms with Gasteiger partial charge in [-0.1, -0.05) is 25.3 Å². The SMILES string of the molecule is C[N+]1(CCCCCCCCSc2cccc3c2CN(C2CCC(=O)NC2=O)C3=O)CCOCC1. The van der Waals surface area contributed by atoms with Crippen LogP contribution in [0.5, 0.6) is 0 Å². The summed E-state index contributed by atoms with van der Waals surface area (Å²) < 4.78 is 6.65. The quantitative estimate of drug-likeness (QED) is 0.224. The normalized spacial score (nSPS) is 22.1. The Morgan fingerprint density at radius 3 is 2.56 bits per heavy atom. The summed E-state index contributed by atoms with van der Waals surface area (Å²) in [6.07, 6.45) is 8.30. The number of benzene rings is 1. The fraction of sp³-hybridized carbons (Fsp3) is 0.654. The minimum absolute atomic E-state index is 0.0971. The maximum absolute atomic E-state index is 12.9. The van der Waals surface area contributed by atoms with E-state index in [1.165, 1.54) is 49.6 Å². The highest BCUT2D eigenvalue weighted by molar-refractivity contribution is 7.99. The van der Waals surface area contributed by atoms with Crippen molar-refractivity contribution in [2.75, 3.05) is 45.6 Å². The molecule has 3 heterocycles. The van der Waals surface area contributed by atoms with Gasteiger partial charge in [-0.3, -0.25) is 19.7 Å². The van der Waals surface area contributed by atoms with Gasteiger partial charge < -0.3 is 14.1 Å². The van der Waals surface area contributed by atoms with Gasteiger partial charge in [0.25, 0.3) is 5.91 Å². The van der Waals surface area contributed by atoms with E-state index in [0.717, 1.165) is 42.5 Å². The minimum Gasteiger partial charge on any atom is -0.370 e. The molecule has 3 aliphatic heterocycles. The average molecular weight is 489 g/mol. The monoisotopic (exact) mass is 488 g/mol. The number of piperidine rings is 1. The summed E-state index contributed by atoms with van der Waals surface area (Å²) in [4.78, 5) is 39.5. The maximum Gasteiger partial charge on any atom is 0.255 e. The van der Waals surface area contributed by atoms with Gasteiger partial charge in [0, 0.05) is 23.4 Å². The molecule has 1 atom stereocenters. The summed E-state index contributed by atoms with van der Waals surface area (Å²) in [5.74, 6) is 0.333. The highest BCUT2D eigenvalue weighted by atomic mass is 32.2. The number of quaternary nitrogens is 1. The first-order valence-electron chi connectivity index (χ1n) is 12.8. The number of thioether (sulfide) groups is 1. The van der Waals surface area contributed by atoms with Gasteiger partial charge in [-0.25, -0.2) is 0 Å². The Kier molecular flexibility index (Phi) is 8.66. The first-order chi connectivity index (χ1) is 16.5. The number of carbonyl (C=O) groups excluding carboxylic acids is 3. The number of nitrogens with zero attached hydrogens (tertiary/aromatic N) is 2. The number of carbonyl (C=O) groups is 3. The van der Waals surface area contributed by atoms with Crippen molar-refractivity contribution >= 4 is 29.5 Å². The Hall–Kier alpha value is -1.90. The lowest BCUT2D eigenvalue weighted by Crippen LogP contribution is -2.52. The number of nitrogens with one attached hydrogen (secondary N) is 1. The molecule has 1 aromatic carbocycles. The molecule has 186 valence electrons. The summed E-state index contributed by atoms with van der Waals surface area (Å²) >= 11 is 1.82. The van der Waals surface area contributed by atoms with Crippen molar-refractivity contribution in [2.45, 2.75) is 68.8 Å². The lowest BCUT2D eigenvalue weighted by atomic mass is 10.0. The van der Waals surface area contributed by atoms with Crippen molar-refractivity contribution in [3.8, 4) is 0 Å². The molecule has 0 aliphatic carbocycles. The molecule has 0 radical (unpaired) electrons. The number of ether oxygens (including phenoxy) is 1. The first-order valence-corrected chi connectivity index (χ1v) is 13.8. The van der Waals surface area contributed by atoms with E-state index in [9.17, 15) is 14.4 Å². The van der Waals surface area contributed by atoms with E-state index < -0.39 is 6.04 Å². The van der Waals surface area contributed by atoms with E-state index in [1.54, 1.807) is 4.90 Å². The Bertz CT molecular complexity index is 900. The van der Waals surface area contributed by atoms with E-state index in [2.05, 4.69) is 18.4 Å². The molecule has 4 rings (SSSR count). The van der Waals surface area contributed by atoms with Gasteiger partial charge in [-0.15, -0.1) is 11.8 Å². The highest BCUT2D eigenvalue weighted by Gasteiger charge is 2.39. The van der Waals surface area contributed by atoms with E-state index in [1.807, 2.05) is 23.9 Å². The Labute approximate surface area is 207 Å². The number of hydrogen-bond donors (Lipinski definition) is 1. The van der Waals surface area contributed by atoms with Crippen molar-refractivity contribution in [3.05, 3.63) is 29.3 Å². The smallest absolute Gasteiger partial charge is 0.255 e. The van der Waals surface area contributed by atoms with Crippen LogP contribution in [0.4, 0.5) is 0 Å². The minimum atomic E-state index is -0.553. The molecular weight excluding hydrogens is 450 g/mol. The van der Waals surface area contributed by atoms with Gasteiger partial charge >= 0.3 is 0 Å². The van der Waals surface area contributed by atoms with Crippen LogP contribution in [0.15, 0.2) is 23.1 Å². The van der Waals surface area contributed by atoms with Gasteiger partial charge in [-0.2, -0.15) is 0 Å². The van der Waals surface area contributed by atoms with Gasteiger partial charge in [0.2, 0.25) is 11.8 Å². The van der Waals surface area contributed by atoms with Crippen LogP contribution < -0.4 is 5.32 Å². The number of rotatable bonds is 11. The van der Waals surface area contributed by atoms with Crippen molar-refractivity contribution in [1.82, 2.24) is 10.2 Å². The third kappa shape index (κ3) is 6.20. The van der Waals surface area contributed by atoms with Gasteiger partial charge in [0.05, 0.1) is 26.8 Å². The number of morpholine rings is 1. The van der Waals surface area contributed by atoms with Crippen molar-refractivity contribution in [2.24, 2.45) is 0 Å². The molecule has 2 fully saturated rings. The van der Waals surface area contributed by atoms with E-state index in [0.29, 0.717) is 18.5 Å². The largest absolute Gasteiger partial charge is 0.370 e. The molecule has 0 aromatic heterocycles. The molecule has 0 bridgehead atoms. The second-order valence-corrected chi connectivity index (χ2v) is 11.2. The molecule has 34 heavy (non-hydrogen) atoms. The number of hydrogen-bond acceptors (Lipinski definition) is 5. The van der Waals surface area contributed by atoms with E-state index in [-0.39, 0.29) is 24.1 Å². The molecule has 0 spiro atoms. The molecular formula is C26H38N3O4S+. The molecule has 3 amide bonds. The first kappa shape index (κ1) is 25.2. The Balaban J connectivity index is 1.16. The van der Waals surface area contributed by atoms with Gasteiger partial charge in [0.1, 0.15) is 19.1 Å². The summed E-state index contributed by atoms with van der Waals surface area (Å²) in [5.41, 5.74) is 1.73. The highest BCUT2D eigenvalue weighted by Crippen LogP contribution is 2.34. The molecule has 8 heteroatoms. The van der Waals surface area contributed by atoms with Crippen LogP contribution in [0.3, 0.4) is 0 Å². The summed E-state index contributed by atoms with van der Waals surface area (Å²) in [6.45, 7) is 5.83. The number of likely N-dealkylation sites (N-methyl/N-ethyl adjacent to an activating group) is 1.